The summed E-state index contributed by atoms with van der Waals surface area (Å²) in [5, 5.41) is 14.3. The number of fused-ring (bicyclic) bond motifs is 18. The highest BCUT2D eigenvalue weighted by Crippen LogP contribution is 2.51. The van der Waals surface area contributed by atoms with E-state index in [0.29, 0.717) is 17.5 Å². The van der Waals surface area contributed by atoms with E-state index in [2.05, 4.69) is 387 Å². The van der Waals surface area contributed by atoms with E-state index in [1.165, 1.54) is 88.3 Å². The first-order valence-electron chi connectivity index (χ1n) is 50.1. The first kappa shape index (κ1) is 88.5. The van der Waals surface area contributed by atoms with Crippen molar-refractivity contribution in [2.24, 2.45) is 0 Å². The summed E-state index contributed by atoms with van der Waals surface area (Å²) in [5.74, 6) is 1.96. The van der Waals surface area contributed by atoms with Gasteiger partial charge >= 0.3 is 0 Å². The minimum atomic E-state index is 0.615. The molecule has 0 saturated carbocycles. The van der Waals surface area contributed by atoms with Gasteiger partial charge in [-0.05, 0) is 164 Å². The average molecular weight is 1970 g/mol. The Hall–Kier alpha value is -19.2. The van der Waals surface area contributed by atoms with Crippen molar-refractivity contribution in [1.82, 2.24) is 34.9 Å². The molecule has 30 rings (SSSR count). The van der Waals surface area contributed by atoms with E-state index >= 15 is 0 Å². The first-order valence-corrected chi connectivity index (χ1v) is 52.5. The van der Waals surface area contributed by atoms with E-state index in [1.54, 1.807) is 6.20 Å². The van der Waals surface area contributed by atoms with Gasteiger partial charge in [0, 0.05) is 155 Å². The molecule has 30 aromatic rings. The first-order chi connectivity index (χ1) is 74.3. The third kappa shape index (κ3) is 16.4. The van der Waals surface area contributed by atoms with Crippen molar-refractivity contribution in [2.45, 2.75) is 0 Å². The quantitative estimate of drug-likeness (QED) is 0.0978. The van der Waals surface area contributed by atoms with E-state index < -0.39 is 0 Å². The Morgan fingerprint density at radius 3 is 0.840 bits per heavy atom. The molecule has 0 amide bonds. The van der Waals surface area contributed by atoms with Gasteiger partial charge in [-0.1, -0.05) is 388 Å². The number of thiophene rings is 3. The fourth-order valence-corrected chi connectivity index (χ4v) is 24.6. The molecule has 0 saturated heterocycles. The summed E-state index contributed by atoms with van der Waals surface area (Å²) in [7, 11) is 0. The molecule has 0 atom stereocenters. The number of para-hydroxylation sites is 3. The highest BCUT2D eigenvalue weighted by Gasteiger charge is 2.27. The van der Waals surface area contributed by atoms with Gasteiger partial charge < -0.3 is 13.3 Å². The van der Waals surface area contributed by atoms with Crippen molar-refractivity contribution in [2.75, 3.05) is 0 Å². The molecule has 10 heterocycles. The lowest BCUT2D eigenvalue weighted by Gasteiger charge is -2.12. The van der Waals surface area contributed by atoms with Crippen LogP contribution >= 0.6 is 34.0 Å². The Morgan fingerprint density at radius 1 is 0.153 bits per heavy atom. The molecule has 0 N–H and O–H groups in total. The van der Waals surface area contributed by atoms with Crippen LogP contribution in [0.4, 0.5) is 0 Å². The van der Waals surface area contributed by atoms with E-state index in [0.717, 1.165) is 189 Å². The minimum absolute atomic E-state index is 0.615. The third-order valence-electron chi connectivity index (χ3n) is 28.5. The minimum Gasteiger partial charge on any atom is -0.455 e. The zero-order chi connectivity index (χ0) is 99.1. The predicted octanol–water partition coefficient (Wildman–Crippen LogP) is 38.6. The van der Waals surface area contributed by atoms with Gasteiger partial charge in [0.05, 0.1) is 39.7 Å². The van der Waals surface area contributed by atoms with Crippen LogP contribution in [-0.2, 0) is 0 Å². The smallest absolute Gasteiger partial charge is 0.164 e. The van der Waals surface area contributed by atoms with Crippen molar-refractivity contribution in [1.29, 1.82) is 0 Å². The number of nitrogens with zero attached hydrogens (tertiary/aromatic N) is 7. The van der Waals surface area contributed by atoms with Crippen molar-refractivity contribution in [3.05, 3.63) is 504 Å². The number of hydrogen-bond donors (Lipinski definition) is 0. The molecule has 0 aliphatic rings. The van der Waals surface area contributed by atoms with Gasteiger partial charge in [-0.2, -0.15) is 0 Å². The molecule has 150 heavy (non-hydrogen) atoms. The fraction of sp³-hybridized carbons (Fsp3) is 0. The van der Waals surface area contributed by atoms with Crippen molar-refractivity contribution in [3.63, 3.8) is 0 Å². The Morgan fingerprint density at radius 2 is 0.427 bits per heavy atom. The van der Waals surface area contributed by atoms with Gasteiger partial charge in [-0.25, -0.2) is 29.9 Å². The van der Waals surface area contributed by atoms with Crippen LogP contribution in [0.2, 0.25) is 0 Å². The van der Waals surface area contributed by atoms with Crippen LogP contribution < -0.4 is 0 Å². The summed E-state index contributed by atoms with van der Waals surface area (Å²) < 4.78 is 27.9. The van der Waals surface area contributed by atoms with Crippen LogP contribution in [-0.4, -0.2) is 34.9 Å². The largest absolute Gasteiger partial charge is 0.455 e. The molecule has 20 aromatic carbocycles. The standard InChI is InChI=1S/2C46H28N2OS.C45H27N3OS/c1-3-11-29(12-4-1)30-19-21-31(22-20-30)39-28-40(48-46(47-39)32-13-5-2-6-14-32)37-26-25-34(44-38-16-7-9-17-41(38)49-45(37)44)33-23-24-36-35-15-8-10-18-42(35)50-43(36)27-33;1-3-11-29(12-4-1)30-19-21-32(22-20-30)46-47-39(31-13-5-2-6-14-31)28-40(48-46)37-26-25-34(44-38-16-7-9-17-41(38)49-45(37)44)33-23-24-36-35-15-8-10-18-42(35)50-43(36)27-33;1-2-10-28(11-3-1)38-26-39(31-13-8-12-29(24-31)32-14-9-23-46-27-32)48-45(47-38)37-22-21-33(43-36-16-4-6-17-40(36)49-44(37)43)30-19-20-35-34-15-5-7-18-41(34)50-42(35)25-30/h2*1-28H;1-27H. The summed E-state index contributed by atoms with van der Waals surface area (Å²) >= 11 is 5.51. The van der Waals surface area contributed by atoms with E-state index in [-0.39, 0.29) is 0 Å². The SMILES string of the molecule is c1ccc(-c2cc(-c3cccc(-c4cccnc4)c3)nc(-c3ccc(-c4ccc5c(c4)sc4ccccc45)c4c3oc3ccccc34)n2)cc1.c1ccc(-c2ccc(-c3cc(-c4ccc(-c5ccc6c(c5)sc5ccccc56)c5c4oc4ccccc45)nc(-c4ccccc4)n3)cc2)cc1.c1ccc(-c2ccc(-c3nc(-c4ccccc4)cc(-c4ccc(-c5ccc6c(c5)sc5ccccc56)c5c4oc4ccccc45)n3)cc2)cc1. The Kier molecular flexibility index (Phi) is 22.3. The number of furan rings is 3. The third-order valence-corrected chi connectivity index (χ3v) is 31.9. The van der Waals surface area contributed by atoms with Crippen molar-refractivity contribution >= 4 is 160 Å². The molecule has 10 aromatic heterocycles. The van der Waals surface area contributed by atoms with E-state index in [4.69, 9.17) is 43.2 Å². The van der Waals surface area contributed by atoms with Crippen LogP contribution in [0.1, 0.15) is 0 Å². The predicted molar refractivity (Wildman–Crippen MR) is 626 cm³/mol. The van der Waals surface area contributed by atoms with Crippen LogP contribution in [0.5, 0.6) is 0 Å². The molecule has 0 aliphatic heterocycles. The topological polar surface area (TPSA) is 130 Å². The summed E-state index contributed by atoms with van der Waals surface area (Å²) in [6.45, 7) is 0. The monoisotopic (exact) mass is 1970 g/mol. The van der Waals surface area contributed by atoms with Crippen LogP contribution in [0.3, 0.4) is 0 Å². The van der Waals surface area contributed by atoms with Crippen molar-refractivity contribution < 1.29 is 13.3 Å². The Bertz CT molecular complexity index is 10100. The number of rotatable bonds is 15. The average Bonchev–Trinajstić information content (AvgIpc) is 1.58. The summed E-state index contributed by atoms with van der Waals surface area (Å²) in [4.78, 5) is 35.4. The highest BCUT2D eigenvalue weighted by atomic mass is 32.1. The lowest BCUT2D eigenvalue weighted by molar-refractivity contribution is 0.669. The number of hydrogen-bond acceptors (Lipinski definition) is 13. The lowest BCUT2D eigenvalue weighted by atomic mass is 9.95. The molecule has 10 nitrogen and oxygen atoms in total. The molecule has 0 aliphatic carbocycles. The second-order valence-corrected chi connectivity index (χ2v) is 40.8. The summed E-state index contributed by atoms with van der Waals surface area (Å²) in [6.07, 6.45) is 3.68. The van der Waals surface area contributed by atoms with Gasteiger partial charge in [0.15, 0.2) is 17.5 Å². The van der Waals surface area contributed by atoms with Crippen LogP contribution in [0.15, 0.2) is 517 Å². The van der Waals surface area contributed by atoms with Gasteiger partial charge in [0.25, 0.3) is 0 Å². The zero-order valence-corrected chi connectivity index (χ0v) is 82.9. The lowest BCUT2D eigenvalue weighted by Crippen LogP contribution is -1.97. The van der Waals surface area contributed by atoms with E-state index in [9.17, 15) is 0 Å². The van der Waals surface area contributed by atoms with Gasteiger partial charge in [0.2, 0.25) is 0 Å². The maximum absolute atomic E-state index is 6.73. The molecule has 0 bridgehead atoms. The van der Waals surface area contributed by atoms with Gasteiger partial charge in [-0.15, -0.1) is 34.0 Å². The summed E-state index contributed by atoms with van der Waals surface area (Å²) in [5.41, 5.74) is 32.4. The molecular weight excluding hydrogens is 1890 g/mol. The van der Waals surface area contributed by atoms with Crippen molar-refractivity contribution in [3.8, 4) is 168 Å². The van der Waals surface area contributed by atoms with E-state index in [1.807, 2.05) is 149 Å². The number of benzene rings is 20. The molecule has 0 unspecified atom stereocenters. The van der Waals surface area contributed by atoms with Gasteiger partial charge in [-0.3, -0.25) is 4.98 Å². The normalized spacial score (nSPS) is 11.6. The highest BCUT2D eigenvalue weighted by molar-refractivity contribution is 7.26. The second-order valence-electron chi connectivity index (χ2n) is 37.5. The number of pyridine rings is 1. The maximum atomic E-state index is 6.73. The second kappa shape index (κ2) is 37.8. The van der Waals surface area contributed by atoms with Crippen LogP contribution in [0, 0.1) is 0 Å². The Balaban J connectivity index is 0.000000108. The molecule has 13 heteroatoms. The molecule has 702 valence electrons. The molecular formula is C137H83N7O3S3. The maximum Gasteiger partial charge on any atom is 0.164 e. The van der Waals surface area contributed by atoms with Gasteiger partial charge in [0.1, 0.15) is 33.5 Å². The molecule has 0 radical (unpaired) electrons. The zero-order valence-electron chi connectivity index (χ0n) is 80.5. The fourth-order valence-electron chi connectivity index (χ4n) is 21.2. The Labute approximate surface area is 873 Å². The van der Waals surface area contributed by atoms with Crippen LogP contribution in [0.25, 0.3) is 295 Å². The summed E-state index contributed by atoms with van der Waals surface area (Å²) in [6, 6.07) is 172. The number of aromatic nitrogens is 7. The molecule has 0 spiro atoms. The molecule has 0 fully saturated rings.